The van der Waals surface area contributed by atoms with Gasteiger partial charge in [-0.2, -0.15) is 0 Å². The Morgan fingerprint density at radius 3 is 2.64 bits per heavy atom. The minimum atomic E-state index is -0.826. The van der Waals surface area contributed by atoms with E-state index < -0.39 is 11.4 Å². The Kier molecular flexibility index (Phi) is 3.94. The van der Waals surface area contributed by atoms with Gasteiger partial charge in [-0.05, 0) is 12.8 Å². The fourth-order valence-electron chi connectivity index (χ4n) is 2.21. The van der Waals surface area contributed by atoms with Crippen LogP contribution in [0.25, 0.3) is 10.6 Å². The molecule has 6 heteroatoms. The Hall–Kier alpha value is -2.21. The van der Waals surface area contributed by atoms with Crippen molar-refractivity contribution in [3.05, 3.63) is 41.4 Å². The first-order valence-electron chi connectivity index (χ1n) is 7.09. The standard InChI is InChI=1S/C16H16N2O3S/c19-13(17-10-16(6-7-16)15(20)21)8-12-9-22-14(18-12)11-4-2-1-3-5-11/h1-5,9H,6-8,10H2,(H,17,19)(H,20,21). The van der Waals surface area contributed by atoms with Crippen LogP contribution in [0.5, 0.6) is 0 Å². The van der Waals surface area contributed by atoms with E-state index in [9.17, 15) is 9.59 Å². The van der Waals surface area contributed by atoms with Crippen LogP contribution < -0.4 is 5.32 Å². The average Bonchev–Trinajstić information content (AvgIpc) is 3.19. The second kappa shape index (κ2) is 5.88. The van der Waals surface area contributed by atoms with E-state index in [-0.39, 0.29) is 18.9 Å². The molecule has 0 saturated heterocycles. The van der Waals surface area contributed by atoms with Crippen molar-refractivity contribution in [3.8, 4) is 10.6 Å². The Labute approximate surface area is 132 Å². The zero-order valence-electron chi connectivity index (χ0n) is 11.9. The number of aromatic nitrogens is 1. The Morgan fingerprint density at radius 1 is 1.27 bits per heavy atom. The smallest absolute Gasteiger partial charge is 0.311 e. The first kappa shape index (κ1) is 14.7. The van der Waals surface area contributed by atoms with Gasteiger partial charge in [0.25, 0.3) is 0 Å². The van der Waals surface area contributed by atoms with Gasteiger partial charge in [0.15, 0.2) is 0 Å². The second-order valence-corrected chi connectivity index (χ2v) is 6.41. The number of nitrogens with zero attached hydrogens (tertiary/aromatic N) is 1. The topological polar surface area (TPSA) is 79.3 Å². The summed E-state index contributed by atoms with van der Waals surface area (Å²) < 4.78 is 0. The van der Waals surface area contributed by atoms with Crippen molar-refractivity contribution in [3.63, 3.8) is 0 Å². The summed E-state index contributed by atoms with van der Waals surface area (Å²) in [6.07, 6.45) is 1.45. The van der Waals surface area contributed by atoms with Gasteiger partial charge in [-0.3, -0.25) is 9.59 Å². The fraction of sp³-hybridized carbons (Fsp3) is 0.312. The molecule has 3 rings (SSSR count). The molecular formula is C16H16N2O3S. The van der Waals surface area contributed by atoms with E-state index in [0.29, 0.717) is 18.5 Å². The average molecular weight is 316 g/mol. The van der Waals surface area contributed by atoms with E-state index in [4.69, 9.17) is 5.11 Å². The van der Waals surface area contributed by atoms with E-state index in [1.54, 1.807) is 0 Å². The van der Waals surface area contributed by atoms with E-state index in [2.05, 4.69) is 10.3 Å². The highest BCUT2D eigenvalue weighted by molar-refractivity contribution is 7.13. The third-order valence-electron chi connectivity index (χ3n) is 3.85. The van der Waals surface area contributed by atoms with Gasteiger partial charge in [0.2, 0.25) is 5.91 Å². The van der Waals surface area contributed by atoms with Crippen molar-refractivity contribution in [2.45, 2.75) is 19.3 Å². The number of nitrogens with one attached hydrogen (secondary N) is 1. The molecule has 1 amide bonds. The van der Waals surface area contributed by atoms with Crippen LogP contribution in [0, 0.1) is 5.41 Å². The molecule has 0 radical (unpaired) electrons. The van der Waals surface area contributed by atoms with Crippen LogP contribution in [0.15, 0.2) is 35.7 Å². The molecule has 1 aromatic carbocycles. The second-order valence-electron chi connectivity index (χ2n) is 5.55. The Bertz CT molecular complexity index is 692. The lowest BCUT2D eigenvalue weighted by Gasteiger charge is -2.10. The number of amides is 1. The molecule has 0 spiro atoms. The van der Waals surface area contributed by atoms with Crippen LogP contribution in [-0.4, -0.2) is 28.5 Å². The summed E-state index contributed by atoms with van der Waals surface area (Å²) in [6.45, 7) is 0.205. The number of benzene rings is 1. The number of hydrogen-bond acceptors (Lipinski definition) is 4. The van der Waals surface area contributed by atoms with Crippen LogP contribution in [0.2, 0.25) is 0 Å². The number of carbonyl (C=O) groups is 2. The minimum absolute atomic E-state index is 0.180. The van der Waals surface area contributed by atoms with Crippen LogP contribution in [0.4, 0.5) is 0 Å². The normalized spacial score (nSPS) is 15.3. The number of thiazole rings is 1. The molecule has 0 bridgehead atoms. The monoisotopic (exact) mass is 316 g/mol. The Balaban J connectivity index is 1.56. The lowest BCUT2D eigenvalue weighted by atomic mass is 10.1. The molecule has 2 aromatic rings. The molecule has 1 saturated carbocycles. The molecule has 5 nitrogen and oxygen atoms in total. The van der Waals surface area contributed by atoms with Gasteiger partial charge in [0.05, 0.1) is 17.5 Å². The zero-order chi connectivity index (χ0) is 15.6. The molecule has 22 heavy (non-hydrogen) atoms. The highest BCUT2D eigenvalue weighted by atomic mass is 32.1. The number of aliphatic carboxylic acids is 1. The van der Waals surface area contributed by atoms with Crippen molar-refractivity contribution >= 4 is 23.2 Å². The van der Waals surface area contributed by atoms with E-state index in [0.717, 1.165) is 10.6 Å². The SMILES string of the molecule is O=C(Cc1csc(-c2ccccc2)n1)NCC1(C(=O)O)CC1. The maximum atomic E-state index is 11.9. The highest BCUT2D eigenvalue weighted by Crippen LogP contribution is 2.45. The molecule has 1 aliphatic carbocycles. The predicted molar refractivity (Wildman–Crippen MR) is 83.6 cm³/mol. The van der Waals surface area contributed by atoms with Gasteiger partial charge in [-0.15, -0.1) is 11.3 Å². The third-order valence-corrected chi connectivity index (χ3v) is 4.79. The highest BCUT2D eigenvalue weighted by Gasteiger charge is 2.50. The summed E-state index contributed by atoms with van der Waals surface area (Å²) in [5.74, 6) is -1.01. The number of carboxylic acids is 1. The van der Waals surface area contributed by atoms with Crippen LogP contribution in [0.1, 0.15) is 18.5 Å². The molecule has 0 atom stereocenters. The van der Waals surface area contributed by atoms with Crippen LogP contribution in [0.3, 0.4) is 0 Å². The maximum Gasteiger partial charge on any atom is 0.311 e. The summed E-state index contributed by atoms with van der Waals surface area (Å²) in [7, 11) is 0. The van der Waals surface area contributed by atoms with Gasteiger partial charge >= 0.3 is 5.97 Å². The lowest BCUT2D eigenvalue weighted by molar-refractivity contribution is -0.143. The van der Waals surface area contributed by atoms with Crippen LogP contribution in [-0.2, 0) is 16.0 Å². The summed E-state index contributed by atoms with van der Waals surface area (Å²) in [5.41, 5.74) is 1.01. The van der Waals surface area contributed by atoms with E-state index in [1.807, 2.05) is 35.7 Å². The molecule has 1 aromatic heterocycles. The maximum absolute atomic E-state index is 11.9. The van der Waals surface area contributed by atoms with Crippen molar-refractivity contribution in [2.75, 3.05) is 6.54 Å². The van der Waals surface area contributed by atoms with Crippen LogP contribution >= 0.6 is 11.3 Å². The van der Waals surface area contributed by atoms with Gasteiger partial charge in [0, 0.05) is 17.5 Å². The van der Waals surface area contributed by atoms with Crippen molar-refractivity contribution in [1.29, 1.82) is 0 Å². The van der Waals surface area contributed by atoms with Crippen molar-refractivity contribution in [2.24, 2.45) is 5.41 Å². The molecule has 1 heterocycles. The van der Waals surface area contributed by atoms with Gasteiger partial charge < -0.3 is 10.4 Å². The summed E-state index contributed by atoms with van der Waals surface area (Å²) in [6, 6.07) is 9.80. The van der Waals surface area contributed by atoms with Crippen molar-refractivity contribution < 1.29 is 14.7 Å². The molecule has 0 unspecified atom stereocenters. The molecular weight excluding hydrogens is 300 g/mol. The lowest BCUT2D eigenvalue weighted by Crippen LogP contribution is -2.35. The summed E-state index contributed by atoms with van der Waals surface area (Å²) in [5, 5.41) is 14.5. The minimum Gasteiger partial charge on any atom is -0.481 e. The molecule has 2 N–H and O–H groups in total. The number of hydrogen-bond donors (Lipinski definition) is 2. The van der Waals surface area contributed by atoms with Gasteiger partial charge in [-0.1, -0.05) is 30.3 Å². The Morgan fingerprint density at radius 2 is 2.00 bits per heavy atom. The quantitative estimate of drug-likeness (QED) is 0.857. The number of carbonyl (C=O) groups excluding carboxylic acids is 1. The first-order chi connectivity index (χ1) is 10.6. The first-order valence-corrected chi connectivity index (χ1v) is 7.97. The van der Waals surface area contributed by atoms with Crippen molar-refractivity contribution in [1.82, 2.24) is 10.3 Å². The fourth-order valence-corrected chi connectivity index (χ4v) is 3.04. The van der Waals surface area contributed by atoms with E-state index >= 15 is 0 Å². The summed E-state index contributed by atoms with van der Waals surface area (Å²) in [4.78, 5) is 27.4. The molecule has 114 valence electrons. The number of carboxylic acid groups (broad SMARTS) is 1. The molecule has 1 fully saturated rings. The van der Waals surface area contributed by atoms with Gasteiger partial charge in [0.1, 0.15) is 5.01 Å². The summed E-state index contributed by atoms with van der Waals surface area (Å²) >= 11 is 1.50. The third kappa shape index (κ3) is 3.17. The van der Waals surface area contributed by atoms with E-state index in [1.165, 1.54) is 11.3 Å². The number of rotatable bonds is 6. The molecule has 1 aliphatic rings. The largest absolute Gasteiger partial charge is 0.481 e. The predicted octanol–water partition coefficient (Wildman–Crippen LogP) is 2.33. The van der Waals surface area contributed by atoms with Gasteiger partial charge in [-0.25, -0.2) is 4.98 Å². The zero-order valence-corrected chi connectivity index (χ0v) is 12.7. The molecule has 0 aliphatic heterocycles.